The number of carboxylic acids is 1. The minimum Gasteiger partial charge on any atom is -0.481 e. The maximum atomic E-state index is 10.7. The van der Waals surface area contributed by atoms with Crippen molar-refractivity contribution in [3.8, 4) is 0 Å². The molecule has 3 rings (SSSR count). The van der Waals surface area contributed by atoms with Crippen molar-refractivity contribution in [1.29, 1.82) is 0 Å². The van der Waals surface area contributed by atoms with Gasteiger partial charge in [0.1, 0.15) is 0 Å². The van der Waals surface area contributed by atoms with Gasteiger partial charge in [-0.05, 0) is 54.7 Å². The third kappa shape index (κ3) is 1.73. The standard InChI is InChI=1S/C14H16O2/c15-14(16)13-8-12(13)7-9-4-5-10-2-1-3-11(10)6-9/h4-6,12-13H,1-3,7-8H2,(H,15,16)/t12-,13+/m0/s1. The Bertz CT molecular complexity index is 436. The lowest BCUT2D eigenvalue weighted by atomic mass is 10.0. The first-order valence-electron chi connectivity index (χ1n) is 6.07. The van der Waals surface area contributed by atoms with Crippen LogP contribution in [0.4, 0.5) is 0 Å². The number of carbonyl (C=O) groups is 1. The second-order valence-corrected chi connectivity index (χ2v) is 5.10. The Morgan fingerprint density at radius 2 is 2.12 bits per heavy atom. The molecule has 1 N–H and O–H groups in total. The second-order valence-electron chi connectivity index (χ2n) is 5.10. The van der Waals surface area contributed by atoms with Crippen LogP contribution in [0.25, 0.3) is 0 Å². The van der Waals surface area contributed by atoms with E-state index in [0.717, 1.165) is 12.8 Å². The van der Waals surface area contributed by atoms with Gasteiger partial charge in [0.15, 0.2) is 0 Å². The zero-order valence-electron chi connectivity index (χ0n) is 9.28. The number of rotatable bonds is 3. The number of aliphatic carboxylic acids is 1. The monoisotopic (exact) mass is 216 g/mol. The summed E-state index contributed by atoms with van der Waals surface area (Å²) in [7, 11) is 0. The lowest BCUT2D eigenvalue weighted by Crippen LogP contribution is -2.01. The molecule has 0 aromatic heterocycles. The molecule has 0 aliphatic heterocycles. The first kappa shape index (κ1) is 9.88. The van der Waals surface area contributed by atoms with Crippen molar-refractivity contribution >= 4 is 5.97 Å². The molecule has 2 heteroatoms. The third-order valence-corrected chi connectivity index (χ3v) is 3.90. The van der Waals surface area contributed by atoms with Crippen molar-refractivity contribution in [2.45, 2.75) is 32.1 Å². The fourth-order valence-electron chi connectivity index (χ4n) is 2.83. The molecule has 0 heterocycles. The van der Waals surface area contributed by atoms with Gasteiger partial charge >= 0.3 is 5.97 Å². The van der Waals surface area contributed by atoms with Crippen LogP contribution in [-0.2, 0) is 24.1 Å². The molecule has 0 spiro atoms. The summed E-state index contributed by atoms with van der Waals surface area (Å²) in [6, 6.07) is 6.71. The Hall–Kier alpha value is -1.31. The summed E-state index contributed by atoms with van der Waals surface area (Å²) in [5.41, 5.74) is 4.31. The van der Waals surface area contributed by atoms with Crippen molar-refractivity contribution < 1.29 is 9.90 Å². The lowest BCUT2D eigenvalue weighted by molar-refractivity contribution is -0.138. The second kappa shape index (κ2) is 3.62. The minimum absolute atomic E-state index is 0.0757. The molecule has 0 bridgehead atoms. The molecule has 0 radical (unpaired) electrons. The normalized spacial score (nSPS) is 26.5. The molecular weight excluding hydrogens is 200 g/mol. The van der Waals surface area contributed by atoms with Crippen LogP contribution in [0.5, 0.6) is 0 Å². The molecule has 1 saturated carbocycles. The van der Waals surface area contributed by atoms with E-state index >= 15 is 0 Å². The van der Waals surface area contributed by atoms with Gasteiger partial charge in [0.25, 0.3) is 0 Å². The number of hydrogen-bond acceptors (Lipinski definition) is 1. The maximum Gasteiger partial charge on any atom is 0.306 e. The van der Waals surface area contributed by atoms with E-state index in [9.17, 15) is 4.79 Å². The lowest BCUT2D eigenvalue weighted by Gasteiger charge is -2.04. The first-order valence-corrected chi connectivity index (χ1v) is 6.07. The molecule has 2 aliphatic carbocycles. The summed E-state index contributed by atoms with van der Waals surface area (Å²) in [5.74, 6) is -0.309. The molecule has 2 nitrogen and oxygen atoms in total. The molecule has 84 valence electrons. The van der Waals surface area contributed by atoms with Crippen LogP contribution in [0.3, 0.4) is 0 Å². The van der Waals surface area contributed by atoms with Gasteiger partial charge in [-0.1, -0.05) is 18.2 Å². The highest BCUT2D eigenvalue weighted by Crippen LogP contribution is 2.41. The van der Waals surface area contributed by atoms with Crippen LogP contribution in [0.15, 0.2) is 18.2 Å². The smallest absolute Gasteiger partial charge is 0.306 e. The molecule has 1 fully saturated rings. The summed E-state index contributed by atoms with van der Waals surface area (Å²) < 4.78 is 0. The molecular formula is C14H16O2. The highest BCUT2D eigenvalue weighted by molar-refractivity contribution is 5.73. The fraction of sp³-hybridized carbons (Fsp3) is 0.500. The zero-order valence-corrected chi connectivity index (χ0v) is 9.28. The van der Waals surface area contributed by atoms with Crippen LogP contribution < -0.4 is 0 Å². The van der Waals surface area contributed by atoms with Gasteiger partial charge in [-0.2, -0.15) is 0 Å². The van der Waals surface area contributed by atoms with Gasteiger partial charge < -0.3 is 5.11 Å². The highest BCUT2D eigenvalue weighted by Gasteiger charge is 2.42. The quantitative estimate of drug-likeness (QED) is 0.842. The maximum absolute atomic E-state index is 10.7. The van der Waals surface area contributed by atoms with E-state index in [1.165, 1.54) is 36.0 Å². The van der Waals surface area contributed by atoms with E-state index in [4.69, 9.17) is 5.11 Å². The topological polar surface area (TPSA) is 37.3 Å². The predicted molar refractivity (Wildman–Crippen MR) is 61.4 cm³/mol. The highest BCUT2D eigenvalue weighted by atomic mass is 16.4. The predicted octanol–water partition coefficient (Wildman–Crippen LogP) is 2.44. The summed E-state index contributed by atoms with van der Waals surface area (Å²) >= 11 is 0. The fourth-order valence-corrected chi connectivity index (χ4v) is 2.83. The molecule has 1 aromatic rings. The van der Waals surface area contributed by atoms with Gasteiger partial charge in [0.2, 0.25) is 0 Å². The molecule has 2 aliphatic rings. The van der Waals surface area contributed by atoms with E-state index in [-0.39, 0.29) is 5.92 Å². The Morgan fingerprint density at radius 1 is 1.31 bits per heavy atom. The Labute approximate surface area is 95.3 Å². The van der Waals surface area contributed by atoms with E-state index in [1.54, 1.807) is 0 Å². The van der Waals surface area contributed by atoms with Gasteiger partial charge in [-0.25, -0.2) is 0 Å². The Morgan fingerprint density at radius 3 is 2.88 bits per heavy atom. The molecule has 16 heavy (non-hydrogen) atoms. The van der Waals surface area contributed by atoms with Crippen molar-refractivity contribution in [2.75, 3.05) is 0 Å². The van der Waals surface area contributed by atoms with Crippen LogP contribution >= 0.6 is 0 Å². The van der Waals surface area contributed by atoms with E-state index in [1.807, 2.05) is 0 Å². The molecule has 0 unspecified atom stereocenters. The Balaban J connectivity index is 1.70. The Kier molecular flexibility index (Phi) is 2.23. The van der Waals surface area contributed by atoms with Gasteiger partial charge in [-0.3, -0.25) is 4.79 Å². The first-order chi connectivity index (χ1) is 7.74. The zero-order chi connectivity index (χ0) is 11.1. The van der Waals surface area contributed by atoms with Crippen molar-refractivity contribution in [3.05, 3.63) is 34.9 Å². The molecule has 0 amide bonds. The van der Waals surface area contributed by atoms with Crippen LogP contribution in [0.2, 0.25) is 0 Å². The van der Waals surface area contributed by atoms with E-state index in [2.05, 4.69) is 18.2 Å². The van der Waals surface area contributed by atoms with Gasteiger partial charge in [0, 0.05) is 0 Å². The minimum atomic E-state index is -0.619. The average molecular weight is 216 g/mol. The largest absolute Gasteiger partial charge is 0.481 e. The number of carboxylic acid groups (broad SMARTS) is 1. The number of benzene rings is 1. The van der Waals surface area contributed by atoms with Crippen molar-refractivity contribution in [2.24, 2.45) is 11.8 Å². The third-order valence-electron chi connectivity index (χ3n) is 3.90. The number of hydrogen-bond donors (Lipinski definition) is 1. The molecule has 1 aromatic carbocycles. The summed E-state index contributed by atoms with van der Waals surface area (Å²) in [6.07, 6.45) is 5.52. The summed E-state index contributed by atoms with van der Waals surface area (Å²) in [6.45, 7) is 0. The molecule has 2 atom stereocenters. The van der Waals surface area contributed by atoms with Gasteiger partial charge in [0.05, 0.1) is 5.92 Å². The van der Waals surface area contributed by atoms with Crippen LogP contribution in [0, 0.1) is 11.8 Å². The van der Waals surface area contributed by atoms with E-state index in [0.29, 0.717) is 5.92 Å². The molecule has 0 saturated heterocycles. The average Bonchev–Trinajstić information content (AvgIpc) is 2.87. The van der Waals surface area contributed by atoms with Crippen LogP contribution in [0.1, 0.15) is 29.5 Å². The SMILES string of the molecule is O=C(O)[C@@H]1C[C@@H]1Cc1ccc2c(c1)CCC2. The van der Waals surface area contributed by atoms with Crippen LogP contribution in [-0.4, -0.2) is 11.1 Å². The summed E-state index contributed by atoms with van der Waals surface area (Å²) in [5, 5.41) is 8.86. The van der Waals surface area contributed by atoms with Gasteiger partial charge in [-0.15, -0.1) is 0 Å². The number of fused-ring (bicyclic) bond motifs is 1. The number of aryl methyl sites for hydroxylation is 2. The van der Waals surface area contributed by atoms with Crippen molar-refractivity contribution in [3.63, 3.8) is 0 Å². The summed E-state index contributed by atoms with van der Waals surface area (Å²) in [4.78, 5) is 10.7. The van der Waals surface area contributed by atoms with Crippen molar-refractivity contribution in [1.82, 2.24) is 0 Å². The van der Waals surface area contributed by atoms with E-state index < -0.39 is 5.97 Å².